The second kappa shape index (κ2) is 5.51. The number of aromatic nitrogens is 2. The molecule has 1 aromatic carbocycles. The fraction of sp³-hybridized carbons (Fsp3) is 0.333. The minimum atomic E-state index is -0.941. The van der Waals surface area contributed by atoms with Gasteiger partial charge in [-0.05, 0) is 12.5 Å². The van der Waals surface area contributed by atoms with E-state index in [-0.39, 0.29) is 6.54 Å². The predicted molar refractivity (Wildman–Crippen MR) is 68.9 cm³/mol. The molecule has 0 spiro atoms. The topological polar surface area (TPSA) is 85.2 Å². The SMILES string of the molecule is CC(O)(CSc1nnc(CN)o1)c1ccccc1. The summed E-state index contributed by atoms with van der Waals surface area (Å²) in [5.74, 6) is 0.834. The third kappa shape index (κ3) is 3.10. The molecule has 3 N–H and O–H groups in total. The summed E-state index contributed by atoms with van der Waals surface area (Å²) >= 11 is 1.31. The Balaban J connectivity index is 2.00. The average molecular weight is 265 g/mol. The van der Waals surface area contributed by atoms with Crippen LogP contribution in [0, 0.1) is 0 Å². The lowest BCUT2D eigenvalue weighted by atomic mass is 9.99. The summed E-state index contributed by atoms with van der Waals surface area (Å²) in [6.07, 6.45) is 0. The van der Waals surface area contributed by atoms with Crippen LogP contribution >= 0.6 is 11.8 Å². The molecule has 0 bridgehead atoms. The van der Waals surface area contributed by atoms with Gasteiger partial charge < -0.3 is 15.3 Å². The Morgan fingerprint density at radius 1 is 1.33 bits per heavy atom. The number of nitrogens with two attached hydrogens (primary N) is 1. The Kier molecular flexibility index (Phi) is 4.00. The number of hydrogen-bond acceptors (Lipinski definition) is 6. The summed E-state index contributed by atoms with van der Waals surface area (Å²) in [6, 6.07) is 9.49. The van der Waals surface area contributed by atoms with Crippen LogP contribution in [0.2, 0.25) is 0 Å². The molecule has 1 unspecified atom stereocenters. The zero-order chi connectivity index (χ0) is 13.0. The molecular weight excluding hydrogens is 250 g/mol. The van der Waals surface area contributed by atoms with Crippen LogP contribution in [0.5, 0.6) is 0 Å². The predicted octanol–water partition coefficient (Wildman–Crippen LogP) is 1.53. The number of thioether (sulfide) groups is 1. The van der Waals surface area contributed by atoms with Crippen molar-refractivity contribution in [2.75, 3.05) is 5.75 Å². The fourth-order valence-corrected chi connectivity index (χ4v) is 2.29. The highest BCUT2D eigenvalue weighted by molar-refractivity contribution is 7.99. The van der Waals surface area contributed by atoms with Crippen LogP contribution in [0.3, 0.4) is 0 Å². The second-order valence-corrected chi connectivity index (χ2v) is 5.02. The molecule has 0 amide bonds. The molecule has 18 heavy (non-hydrogen) atoms. The molecule has 5 nitrogen and oxygen atoms in total. The smallest absolute Gasteiger partial charge is 0.276 e. The zero-order valence-electron chi connectivity index (χ0n) is 10.0. The van der Waals surface area contributed by atoms with Gasteiger partial charge in [-0.2, -0.15) is 0 Å². The van der Waals surface area contributed by atoms with Crippen LogP contribution in [-0.2, 0) is 12.1 Å². The first-order chi connectivity index (χ1) is 8.62. The van der Waals surface area contributed by atoms with E-state index in [2.05, 4.69) is 10.2 Å². The highest BCUT2D eigenvalue weighted by Crippen LogP contribution is 2.28. The molecule has 1 atom stereocenters. The van der Waals surface area contributed by atoms with E-state index in [0.29, 0.717) is 16.9 Å². The molecule has 0 saturated heterocycles. The minimum absolute atomic E-state index is 0.225. The first-order valence-corrected chi connectivity index (χ1v) is 6.53. The normalized spacial score (nSPS) is 14.4. The molecule has 0 fully saturated rings. The summed E-state index contributed by atoms with van der Waals surface area (Å²) in [5.41, 5.74) is 5.30. The Hall–Kier alpha value is -1.37. The van der Waals surface area contributed by atoms with E-state index in [1.165, 1.54) is 11.8 Å². The lowest BCUT2D eigenvalue weighted by Crippen LogP contribution is -2.24. The van der Waals surface area contributed by atoms with E-state index >= 15 is 0 Å². The first kappa shape index (κ1) is 13.1. The second-order valence-electron chi connectivity index (χ2n) is 4.09. The van der Waals surface area contributed by atoms with Crippen molar-refractivity contribution in [1.29, 1.82) is 0 Å². The van der Waals surface area contributed by atoms with E-state index < -0.39 is 5.60 Å². The summed E-state index contributed by atoms with van der Waals surface area (Å²) < 4.78 is 5.27. The zero-order valence-corrected chi connectivity index (χ0v) is 10.9. The fourth-order valence-electron chi connectivity index (χ4n) is 1.46. The molecule has 0 saturated carbocycles. The molecule has 0 aliphatic carbocycles. The Labute approximate surface area is 109 Å². The molecule has 6 heteroatoms. The van der Waals surface area contributed by atoms with Crippen LogP contribution in [0.1, 0.15) is 18.4 Å². The molecule has 2 aromatic rings. The third-order valence-electron chi connectivity index (χ3n) is 2.50. The van der Waals surface area contributed by atoms with E-state index in [1.807, 2.05) is 30.3 Å². The third-order valence-corrected chi connectivity index (χ3v) is 3.61. The van der Waals surface area contributed by atoms with Crippen molar-refractivity contribution in [3.63, 3.8) is 0 Å². The maximum atomic E-state index is 10.4. The molecule has 1 heterocycles. The van der Waals surface area contributed by atoms with Crippen LogP contribution in [0.4, 0.5) is 0 Å². The lowest BCUT2D eigenvalue weighted by molar-refractivity contribution is 0.0837. The maximum Gasteiger partial charge on any atom is 0.276 e. The maximum absolute atomic E-state index is 10.4. The molecular formula is C12H15N3O2S. The van der Waals surface area contributed by atoms with E-state index in [4.69, 9.17) is 10.2 Å². The van der Waals surface area contributed by atoms with Gasteiger partial charge in [-0.1, -0.05) is 42.1 Å². The van der Waals surface area contributed by atoms with Crippen LogP contribution in [0.15, 0.2) is 40.0 Å². The van der Waals surface area contributed by atoms with Gasteiger partial charge in [0.2, 0.25) is 5.89 Å². The molecule has 0 aliphatic heterocycles. The van der Waals surface area contributed by atoms with Crippen LogP contribution in [0.25, 0.3) is 0 Å². The Morgan fingerprint density at radius 3 is 2.67 bits per heavy atom. The van der Waals surface area contributed by atoms with E-state index in [1.54, 1.807) is 6.92 Å². The van der Waals surface area contributed by atoms with Crippen molar-refractivity contribution in [2.24, 2.45) is 5.73 Å². The van der Waals surface area contributed by atoms with Gasteiger partial charge in [0, 0.05) is 5.75 Å². The lowest BCUT2D eigenvalue weighted by Gasteiger charge is -2.22. The Bertz CT molecular complexity index is 499. The summed E-state index contributed by atoms with van der Waals surface area (Å²) in [4.78, 5) is 0. The van der Waals surface area contributed by atoms with Crippen LogP contribution in [-0.4, -0.2) is 21.1 Å². The van der Waals surface area contributed by atoms with Crippen molar-refractivity contribution in [2.45, 2.75) is 24.3 Å². The number of aliphatic hydroxyl groups is 1. The largest absolute Gasteiger partial charge is 0.415 e. The molecule has 2 rings (SSSR count). The number of benzene rings is 1. The highest BCUT2D eigenvalue weighted by atomic mass is 32.2. The highest BCUT2D eigenvalue weighted by Gasteiger charge is 2.24. The average Bonchev–Trinajstić information content (AvgIpc) is 2.86. The van der Waals surface area contributed by atoms with Crippen molar-refractivity contribution < 1.29 is 9.52 Å². The van der Waals surface area contributed by atoms with Gasteiger partial charge in [0.15, 0.2) is 0 Å². The van der Waals surface area contributed by atoms with E-state index in [0.717, 1.165) is 5.56 Å². The van der Waals surface area contributed by atoms with Gasteiger partial charge in [-0.3, -0.25) is 0 Å². The summed E-state index contributed by atoms with van der Waals surface area (Å²) in [6.45, 7) is 1.98. The van der Waals surface area contributed by atoms with Gasteiger partial charge in [0.25, 0.3) is 5.22 Å². The summed E-state index contributed by atoms with van der Waals surface area (Å²) in [5, 5.41) is 18.4. The number of nitrogens with zero attached hydrogens (tertiary/aromatic N) is 2. The molecule has 96 valence electrons. The number of rotatable bonds is 5. The summed E-state index contributed by atoms with van der Waals surface area (Å²) in [7, 11) is 0. The van der Waals surface area contributed by atoms with Crippen molar-refractivity contribution >= 4 is 11.8 Å². The molecule has 0 radical (unpaired) electrons. The van der Waals surface area contributed by atoms with E-state index in [9.17, 15) is 5.11 Å². The minimum Gasteiger partial charge on any atom is -0.415 e. The van der Waals surface area contributed by atoms with Gasteiger partial charge in [0.05, 0.1) is 12.1 Å². The van der Waals surface area contributed by atoms with Crippen molar-refractivity contribution in [3.05, 3.63) is 41.8 Å². The van der Waals surface area contributed by atoms with Gasteiger partial charge >= 0.3 is 0 Å². The van der Waals surface area contributed by atoms with Crippen LogP contribution < -0.4 is 5.73 Å². The van der Waals surface area contributed by atoms with Crippen molar-refractivity contribution in [3.8, 4) is 0 Å². The van der Waals surface area contributed by atoms with Gasteiger partial charge in [0.1, 0.15) is 0 Å². The quantitative estimate of drug-likeness (QED) is 0.797. The van der Waals surface area contributed by atoms with Crippen molar-refractivity contribution in [1.82, 2.24) is 10.2 Å². The monoisotopic (exact) mass is 265 g/mol. The molecule has 1 aromatic heterocycles. The van der Waals surface area contributed by atoms with Gasteiger partial charge in [-0.15, -0.1) is 10.2 Å². The first-order valence-electron chi connectivity index (χ1n) is 5.55. The standard InChI is InChI=1S/C12H15N3O2S/c1-12(16,9-5-3-2-4-6-9)8-18-11-15-14-10(7-13)17-11/h2-6,16H,7-8,13H2,1H3. The Morgan fingerprint density at radius 2 is 2.06 bits per heavy atom. The number of hydrogen-bond donors (Lipinski definition) is 2. The molecule has 0 aliphatic rings. The van der Waals surface area contributed by atoms with Gasteiger partial charge in [-0.25, -0.2) is 0 Å².